The van der Waals surface area contributed by atoms with E-state index in [4.69, 9.17) is 4.74 Å². The summed E-state index contributed by atoms with van der Waals surface area (Å²) in [6.45, 7) is 2.00. The molecule has 2 atom stereocenters. The van der Waals surface area contributed by atoms with Gasteiger partial charge in [0.15, 0.2) is 0 Å². The zero-order chi connectivity index (χ0) is 11.5. The van der Waals surface area contributed by atoms with Gasteiger partial charge in [-0.3, -0.25) is 4.79 Å². The fourth-order valence-electron chi connectivity index (χ4n) is 1.78. The maximum atomic E-state index is 11.8. The topological polar surface area (TPSA) is 38.3 Å². The lowest BCUT2D eigenvalue weighted by Gasteiger charge is -2.11. The Balaban J connectivity index is 1.97. The van der Waals surface area contributed by atoms with Crippen LogP contribution in [0.5, 0.6) is 0 Å². The zero-order valence-electron chi connectivity index (χ0n) is 9.07. The van der Waals surface area contributed by atoms with Gasteiger partial charge in [-0.15, -0.1) is 0 Å². The molecule has 1 heterocycles. The van der Waals surface area contributed by atoms with Gasteiger partial charge in [0, 0.05) is 9.26 Å². The summed E-state index contributed by atoms with van der Waals surface area (Å²) in [5, 5.41) is 2.88. The lowest BCUT2D eigenvalue weighted by atomic mass is 10.2. The van der Waals surface area contributed by atoms with Gasteiger partial charge in [0.25, 0.3) is 5.91 Å². The van der Waals surface area contributed by atoms with E-state index in [1.165, 1.54) is 0 Å². The molecule has 3 nitrogen and oxygen atoms in total. The molecule has 1 aliphatic rings. The fourth-order valence-corrected chi connectivity index (χ4v) is 2.33. The molecule has 1 saturated heterocycles. The van der Waals surface area contributed by atoms with Gasteiger partial charge in [0.2, 0.25) is 0 Å². The monoisotopic (exact) mass is 331 g/mol. The second-order valence-corrected chi connectivity index (χ2v) is 5.26. The van der Waals surface area contributed by atoms with E-state index in [1.54, 1.807) is 0 Å². The third-order valence-corrected chi connectivity index (χ3v) is 3.29. The van der Waals surface area contributed by atoms with Crippen molar-refractivity contribution in [2.75, 3.05) is 5.32 Å². The van der Waals surface area contributed by atoms with Gasteiger partial charge in [-0.05, 0) is 60.6 Å². The quantitative estimate of drug-likeness (QED) is 0.847. The number of ether oxygens (including phenoxy) is 1. The second kappa shape index (κ2) is 5.14. The Kier molecular flexibility index (Phi) is 3.81. The van der Waals surface area contributed by atoms with Gasteiger partial charge in [0.05, 0.1) is 6.10 Å². The van der Waals surface area contributed by atoms with E-state index >= 15 is 0 Å². The number of hydrogen-bond acceptors (Lipinski definition) is 2. The van der Waals surface area contributed by atoms with E-state index in [0.29, 0.717) is 0 Å². The molecule has 0 radical (unpaired) electrons. The average molecular weight is 331 g/mol. The first kappa shape index (κ1) is 11.9. The summed E-state index contributed by atoms with van der Waals surface area (Å²) in [4.78, 5) is 11.8. The SMILES string of the molecule is CC1CCC(C(=O)Nc2cccc(I)c2)O1. The lowest BCUT2D eigenvalue weighted by molar-refractivity contribution is -0.126. The summed E-state index contributed by atoms with van der Waals surface area (Å²) < 4.78 is 6.62. The molecule has 86 valence electrons. The number of hydrogen-bond donors (Lipinski definition) is 1. The number of halogens is 1. The van der Waals surface area contributed by atoms with Crippen LogP contribution in [-0.4, -0.2) is 18.1 Å². The predicted molar refractivity (Wildman–Crippen MR) is 71.4 cm³/mol. The Hall–Kier alpha value is -0.620. The normalized spacial score (nSPS) is 24.4. The smallest absolute Gasteiger partial charge is 0.253 e. The minimum Gasteiger partial charge on any atom is -0.365 e. The van der Waals surface area contributed by atoms with Crippen molar-refractivity contribution in [3.8, 4) is 0 Å². The second-order valence-electron chi connectivity index (χ2n) is 4.01. The van der Waals surface area contributed by atoms with Crippen molar-refractivity contribution in [2.24, 2.45) is 0 Å². The van der Waals surface area contributed by atoms with Crippen LogP contribution in [0, 0.1) is 3.57 Å². The number of nitrogens with one attached hydrogen (secondary N) is 1. The molecule has 1 amide bonds. The Labute approximate surface area is 109 Å². The van der Waals surface area contributed by atoms with E-state index in [-0.39, 0.29) is 18.1 Å². The van der Waals surface area contributed by atoms with Gasteiger partial charge >= 0.3 is 0 Å². The number of amides is 1. The van der Waals surface area contributed by atoms with Crippen molar-refractivity contribution in [3.05, 3.63) is 27.8 Å². The standard InChI is InChI=1S/C12H14INO2/c1-8-5-6-11(16-8)12(15)14-10-4-2-3-9(13)7-10/h2-4,7-8,11H,5-6H2,1H3,(H,14,15). The number of anilines is 1. The Morgan fingerprint density at radius 3 is 2.94 bits per heavy atom. The molecule has 16 heavy (non-hydrogen) atoms. The van der Waals surface area contributed by atoms with Crippen molar-refractivity contribution in [1.82, 2.24) is 0 Å². The first-order valence-corrected chi connectivity index (χ1v) is 6.45. The third-order valence-electron chi connectivity index (χ3n) is 2.62. The molecule has 4 heteroatoms. The van der Waals surface area contributed by atoms with E-state index < -0.39 is 0 Å². The van der Waals surface area contributed by atoms with Crippen LogP contribution < -0.4 is 5.32 Å². The highest BCUT2D eigenvalue weighted by atomic mass is 127. The Bertz CT molecular complexity index is 394. The van der Waals surface area contributed by atoms with Gasteiger partial charge in [-0.25, -0.2) is 0 Å². The number of rotatable bonds is 2. The summed E-state index contributed by atoms with van der Waals surface area (Å²) in [5.74, 6) is -0.0358. The molecular weight excluding hydrogens is 317 g/mol. The van der Waals surface area contributed by atoms with Gasteiger partial charge in [0.1, 0.15) is 6.10 Å². The molecule has 1 aliphatic heterocycles. The summed E-state index contributed by atoms with van der Waals surface area (Å²) in [7, 11) is 0. The van der Waals surface area contributed by atoms with Crippen molar-refractivity contribution in [1.29, 1.82) is 0 Å². The maximum absolute atomic E-state index is 11.8. The van der Waals surface area contributed by atoms with Crippen LogP contribution in [0.1, 0.15) is 19.8 Å². The Morgan fingerprint density at radius 1 is 1.50 bits per heavy atom. The highest BCUT2D eigenvalue weighted by Gasteiger charge is 2.27. The van der Waals surface area contributed by atoms with Crippen LogP contribution in [0.4, 0.5) is 5.69 Å². The van der Waals surface area contributed by atoms with Crippen LogP contribution in [0.3, 0.4) is 0 Å². The molecule has 2 unspecified atom stereocenters. The minimum atomic E-state index is -0.284. The largest absolute Gasteiger partial charge is 0.365 e. The Morgan fingerprint density at radius 2 is 2.31 bits per heavy atom. The van der Waals surface area contributed by atoms with Gasteiger partial charge < -0.3 is 10.1 Å². The maximum Gasteiger partial charge on any atom is 0.253 e. The number of benzene rings is 1. The van der Waals surface area contributed by atoms with Crippen molar-refractivity contribution in [2.45, 2.75) is 32.0 Å². The molecule has 0 aromatic heterocycles. The fraction of sp³-hybridized carbons (Fsp3) is 0.417. The zero-order valence-corrected chi connectivity index (χ0v) is 11.2. The average Bonchev–Trinajstić information content (AvgIpc) is 2.65. The molecule has 1 N–H and O–H groups in total. The minimum absolute atomic E-state index is 0.0358. The summed E-state index contributed by atoms with van der Waals surface area (Å²) in [5.41, 5.74) is 0.833. The van der Waals surface area contributed by atoms with Crippen LogP contribution in [0.25, 0.3) is 0 Å². The van der Waals surface area contributed by atoms with Crippen LogP contribution >= 0.6 is 22.6 Å². The summed E-state index contributed by atoms with van der Waals surface area (Å²) in [6, 6.07) is 7.75. The highest BCUT2D eigenvalue weighted by molar-refractivity contribution is 14.1. The highest BCUT2D eigenvalue weighted by Crippen LogP contribution is 2.21. The summed E-state index contributed by atoms with van der Waals surface area (Å²) in [6.07, 6.45) is 1.70. The predicted octanol–water partition coefficient (Wildman–Crippen LogP) is 2.80. The third kappa shape index (κ3) is 2.95. The summed E-state index contributed by atoms with van der Waals surface area (Å²) >= 11 is 2.22. The molecule has 0 saturated carbocycles. The first-order chi connectivity index (χ1) is 7.65. The van der Waals surface area contributed by atoms with Crippen LogP contribution in [-0.2, 0) is 9.53 Å². The van der Waals surface area contributed by atoms with Crippen LogP contribution in [0.15, 0.2) is 24.3 Å². The lowest BCUT2D eigenvalue weighted by Crippen LogP contribution is -2.27. The van der Waals surface area contributed by atoms with Crippen molar-refractivity contribution >= 4 is 34.2 Å². The molecular formula is C12H14INO2. The van der Waals surface area contributed by atoms with E-state index in [1.807, 2.05) is 31.2 Å². The van der Waals surface area contributed by atoms with Crippen molar-refractivity contribution < 1.29 is 9.53 Å². The van der Waals surface area contributed by atoms with Gasteiger partial charge in [-0.1, -0.05) is 6.07 Å². The molecule has 1 fully saturated rings. The number of carbonyl (C=O) groups excluding carboxylic acids is 1. The van der Waals surface area contributed by atoms with E-state index in [0.717, 1.165) is 22.1 Å². The first-order valence-electron chi connectivity index (χ1n) is 5.37. The van der Waals surface area contributed by atoms with Gasteiger partial charge in [-0.2, -0.15) is 0 Å². The van der Waals surface area contributed by atoms with E-state index in [9.17, 15) is 4.79 Å². The van der Waals surface area contributed by atoms with Crippen LogP contribution in [0.2, 0.25) is 0 Å². The molecule has 1 aromatic rings. The van der Waals surface area contributed by atoms with Crippen molar-refractivity contribution in [3.63, 3.8) is 0 Å². The molecule has 1 aromatic carbocycles. The molecule has 0 spiro atoms. The van der Waals surface area contributed by atoms with E-state index in [2.05, 4.69) is 27.9 Å². The molecule has 0 bridgehead atoms. The molecule has 0 aliphatic carbocycles. The molecule has 2 rings (SSSR count). The number of carbonyl (C=O) groups is 1.